The molecule has 1 aliphatic rings. The third-order valence-corrected chi connectivity index (χ3v) is 6.03. The molecule has 0 atom stereocenters. The standard InChI is InChI=1S/C20H19ClF4N2O3S/c21-14-6-11-18(27-31(28,29)20(23,24)25)17(12-14)19(13-4-2-1-3-5-13)26-30-16-9-7-15(22)8-10-16/h6-12,26-27H,1-5H2. The zero-order chi connectivity index (χ0) is 22.6. The Bertz CT molecular complexity index is 1060. The Morgan fingerprint density at radius 2 is 1.65 bits per heavy atom. The molecule has 5 nitrogen and oxygen atoms in total. The van der Waals surface area contributed by atoms with E-state index in [9.17, 15) is 26.0 Å². The van der Waals surface area contributed by atoms with Gasteiger partial charge in [0.2, 0.25) is 0 Å². The molecule has 2 aromatic carbocycles. The number of nitrogens with one attached hydrogen (secondary N) is 2. The van der Waals surface area contributed by atoms with E-state index in [2.05, 4.69) is 5.48 Å². The van der Waals surface area contributed by atoms with Crippen LogP contribution in [0.1, 0.15) is 37.7 Å². The molecular weight excluding hydrogens is 460 g/mol. The molecule has 0 amide bonds. The van der Waals surface area contributed by atoms with Crippen molar-refractivity contribution < 1.29 is 30.8 Å². The van der Waals surface area contributed by atoms with Crippen LogP contribution in [0.25, 0.3) is 5.70 Å². The number of rotatable bonds is 6. The van der Waals surface area contributed by atoms with Crippen LogP contribution in [-0.2, 0) is 10.0 Å². The lowest BCUT2D eigenvalue weighted by Gasteiger charge is -2.23. The number of benzene rings is 2. The van der Waals surface area contributed by atoms with Crippen LogP contribution in [0.5, 0.6) is 5.75 Å². The summed E-state index contributed by atoms with van der Waals surface area (Å²) in [5, 5.41) is 0.197. The SMILES string of the molecule is O=S(=O)(Nc1ccc(Cl)cc1C(NOc1ccc(F)cc1)=C1CCCCC1)C(F)(F)F. The number of allylic oxidation sites excluding steroid dienone is 1. The number of anilines is 1. The van der Waals surface area contributed by atoms with Gasteiger partial charge in [0.25, 0.3) is 0 Å². The van der Waals surface area contributed by atoms with Crippen molar-refractivity contribution >= 4 is 33.0 Å². The van der Waals surface area contributed by atoms with Crippen molar-refractivity contribution in [3.05, 3.63) is 64.4 Å². The second-order valence-electron chi connectivity index (χ2n) is 6.94. The number of sulfonamides is 1. The topological polar surface area (TPSA) is 67.4 Å². The molecule has 168 valence electrons. The van der Waals surface area contributed by atoms with Gasteiger partial charge in [-0.05, 0) is 73.7 Å². The third kappa shape index (κ3) is 5.82. The second-order valence-corrected chi connectivity index (χ2v) is 9.05. The summed E-state index contributed by atoms with van der Waals surface area (Å²) in [6, 6.07) is 8.91. The van der Waals surface area contributed by atoms with E-state index >= 15 is 0 Å². The Labute approximate surface area is 182 Å². The molecule has 31 heavy (non-hydrogen) atoms. The minimum Gasteiger partial charge on any atom is -0.382 e. The molecule has 1 fully saturated rings. The molecule has 0 spiro atoms. The molecule has 0 unspecified atom stereocenters. The molecule has 1 saturated carbocycles. The van der Waals surface area contributed by atoms with Crippen LogP contribution in [0.4, 0.5) is 23.2 Å². The van der Waals surface area contributed by atoms with Crippen LogP contribution < -0.4 is 15.0 Å². The summed E-state index contributed by atoms with van der Waals surface area (Å²) in [5.41, 5.74) is -1.80. The number of hydrogen-bond acceptors (Lipinski definition) is 4. The van der Waals surface area contributed by atoms with Crippen LogP contribution in [0.15, 0.2) is 48.0 Å². The molecule has 2 N–H and O–H groups in total. The summed E-state index contributed by atoms with van der Waals surface area (Å²) in [5.74, 6) is -0.202. The summed E-state index contributed by atoms with van der Waals surface area (Å²) in [7, 11) is -5.65. The summed E-state index contributed by atoms with van der Waals surface area (Å²) in [6.07, 6.45) is 4.02. The number of alkyl halides is 3. The number of hydroxylamine groups is 1. The first kappa shape index (κ1) is 23.2. The predicted molar refractivity (Wildman–Crippen MR) is 110 cm³/mol. The third-order valence-electron chi connectivity index (χ3n) is 4.70. The first-order chi connectivity index (χ1) is 14.6. The van der Waals surface area contributed by atoms with E-state index in [-0.39, 0.29) is 22.0 Å². The lowest BCUT2D eigenvalue weighted by molar-refractivity contribution is -0.0429. The van der Waals surface area contributed by atoms with Gasteiger partial charge in [-0.1, -0.05) is 18.0 Å². The maximum atomic E-state index is 13.1. The Morgan fingerprint density at radius 1 is 1.00 bits per heavy atom. The highest BCUT2D eigenvalue weighted by Crippen LogP contribution is 2.36. The van der Waals surface area contributed by atoms with Gasteiger partial charge in [-0.15, -0.1) is 0 Å². The van der Waals surface area contributed by atoms with Gasteiger partial charge in [-0.25, -0.2) is 9.87 Å². The van der Waals surface area contributed by atoms with Gasteiger partial charge >= 0.3 is 15.5 Å². The van der Waals surface area contributed by atoms with E-state index in [1.165, 1.54) is 36.4 Å². The molecule has 0 aromatic heterocycles. The maximum absolute atomic E-state index is 13.1. The van der Waals surface area contributed by atoms with Crippen LogP contribution in [0.2, 0.25) is 5.02 Å². The van der Waals surface area contributed by atoms with Crippen LogP contribution in [0.3, 0.4) is 0 Å². The van der Waals surface area contributed by atoms with Gasteiger partial charge in [0.05, 0.1) is 11.4 Å². The molecule has 2 aromatic rings. The van der Waals surface area contributed by atoms with E-state index in [1.807, 2.05) is 0 Å². The van der Waals surface area contributed by atoms with Gasteiger partial charge in [0, 0.05) is 10.6 Å². The largest absolute Gasteiger partial charge is 0.516 e. The summed E-state index contributed by atoms with van der Waals surface area (Å²) >= 11 is 6.06. The van der Waals surface area contributed by atoms with Crippen molar-refractivity contribution in [2.75, 3.05) is 4.72 Å². The van der Waals surface area contributed by atoms with Gasteiger partial charge < -0.3 is 4.84 Å². The van der Waals surface area contributed by atoms with E-state index in [0.29, 0.717) is 18.5 Å². The highest BCUT2D eigenvalue weighted by atomic mass is 35.5. The molecule has 0 saturated heterocycles. The van der Waals surface area contributed by atoms with E-state index in [1.54, 1.807) is 4.72 Å². The second kappa shape index (κ2) is 9.35. The van der Waals surface area contributed by atoms with Gasteiger partial charge in [0.15, 0.2) is 5.75 Å². The molecule has 11 heteroatoms. The van der Waals surface area contributed by atoms with Gasteiger partial charge in [-0.2, -0.15) is 21.6 Å². The van der Waals surface area contributed by atoms with Gasteiger partial charge in [0.1, 0.15) is 5.82 Å². The summed E-state index contributed by atoms with van der Waals surface area (Å²) < 4.78 is 76.9. The van der Waals surface area contributed by atoms with Crippen LogP contribution in [0, 0.1) is 5.82 Å². The number of hydrogen-bond donors (Lipinski definition) is 2. The van der Waals surface area contributed by atoms with Crippen LogP contribution >= 0.6 is 11.6 Å². The Hall–Kier alpha value is -2.46. The van der Waals surface area contributed by atoms with Crippen molar-refractivity contribution in [2.24, 2.45) is 0 Å². The van der Waals surface area contributed by atoms with Crippen molar-refractivity contribution in [1.29, 1.82) is 0 Å². The monoisotopic (exact) mass is 478 g/mol. The minimum absolute atomic E-state index is 0.110. The zero-order valence-corrected chi connectivity index (χ0v) is 17.7. The van der Waals surface area contributed by atoms with Crippen molar-refractivity contribution in [3.8, 4) is 5.75 Å². The molecule has 0 heterocycles. The summed E-state index contributed by atoms with van der Waals surface area (Å²) in [6.45, 7) is 0. The fourth-order valence-corrected chi connectivity index (χ4v) is 3.93. The summed E-state index contributed by atoms with van der Waals surface area (Å²) in [4.78, 5) is 5.51. The zero-order valence-electron chi connectivity index (χ0n) is 16.1. The lowest BCUT2D eigenvalue weighted by Crippen LogP contribution is -2.30. The normalized spacial score (nSPS) is 14.8. The molecule has 3 rings (SSSR count). The molecular formula is C20H19ClF4N2O3S. The first-order valence-electron chi connectivity index (χ1n) is 9.36. The van der Waals surface area contributed by atoms with Crippen molar-refractivity contribution in [2.45, 2.75) is 37.6 Å². The average Bonchev–Trinajstić information content (AvgIpc) is 2.71. The molecule has 0 bridgehead atoms. The number of halogens is 5. The highest BCUT2D eigenvalue weighted by molar-refractivity contribution is 7.93. The van der Waals surface area contributed by atoms with Crippen molar-refractivity contribution in [1.82, 2.24) is 5.48 Å². The quantitative estimate of drug-likeness (QED) is 0.395. The van der Waals surface area contributed by atoms with Gasteiger partial charge in [-0.3, -0.25) is 4.72 Å². The molecule has 1 aliphatic carbocycles. The Morgan fingerprint density at radius 3 is 2.26 bits per heavy atom. The first-order valence-corrected chi connectivity index (χ1v) is 11.2. The molecule has 0 aliphatic heterocycles. The van der Waals surface area contributed by atoms with E-state index in [0.717, 1.165) is 30.9 Å². The fourth-order valence-electron chi connectivity index (χ4n) is 3.17. The maximum Gasteiger partial charge on any atom is 0.516 e. The smallest absolute Gasteiger partial charge is 0.382 e. The Kier molecular flexibility index (Phi) is 7.00. The minimum atomic E-state index is -5.65. The van der Waals surface area contributed by atoms with E-state index in [4.69, 9.17) is 16.4 Å². The fraction of sp³-hybridized carbons (Fsp3) is 0.300. The Balaban J connectivity index is 2.02. The van der Waals surface area contributed by atoms with Crippen molar-refractivity contribution in [3.63, 3.8) is 0 Å². The highest BCUT2D eigenvalue weighted by Gasteiger charge is 2.46. The lowest BCUT2D eigenvalue weighted by atomic mass is 9.91. The van der Waals surface area contributed by atoms with E-state index < -0.39 is 21.3 Å². The molecule has 0 radical (unpaired) electrons. The predicted octanol–water partition coefficient (Wildman–Crippen LogP) is 6.00. The average molecular weight is 479 g/mol. The van der Waals surface area contributed by atoms with Crippen LogP contribution in [-0.4, -0.2) is 13.9 Å².